The molecule has 0 radical (unpaired) electrons. The van der Waals surface area contributed by atoms with Gasteiger partial charge in [-0.3, -0.25) is 4.90 Å². The summed E-state index contributed by atoms with van der Waals surface area (Å²) in [5, 5.41) is 22.3. The number of aliphatic hydroxyl groups excluding tert-OH is 1. The van der Waals surface area contributed by atoms with Gasteiger partial charge >= 0.3 is 18.5 Å². The lowest BCUT2D eigenvalue weighted by molar-refractivity contribution is -0.143. The molecule has 2 heterocycles. The molecule has 1 aliphatic heterocycles. The van der Waals surface area contributed by atoms with Crippen LogP contribution in [0.15, 0.2) is 36.4 Å². The van der Waals surface area contributed by atoms with Crippen LogP contribution >= 0.6 is 0 Å². The van der Waals surface area contributed by atoms with E-state index in [-0.39, 0.29) is 35.6 Å². The molecule has 7 nitrogen and oxygen atoms in total. The molecule has 2 aromatic carbocycles. The topological polar surface area (TPSA) is 70.3 Å². The van der Waals surface area contributed by atoms with Gasteiger partial charge in [0.25, 0.3) is 5.95 Å². The van der Waals surface area contributed by atoms with Crippen LogP contribution in [-0.2, 0) is 38.7 Å². The first-order valence-corrected chi connectivity index (χ1v) is 14.8. The first kappa shape index (κ1) is 33.9. The first-order valence-electron chi connectivity index (χ1n) is 14.8. The van der Waals surface area contributed by atoms with E-state index in [4.69, 9.17) is 0 Å². The molecule has 1 aromatic heterocycles. The Kier molecular flexibility index (Phi) is 9.09. The second-order valence-electron chi connectivity index (χ2n) is 12.2. The number of aryl methyl sites for hydroxylation is 1. The number of alkyl halides is 9. The number of rotatable bonds is 8. The Morgan fingerprint density at radius 2 is 1.52 bits per heavy atom. The normalized spacial score (nSPS) is 19.7. The number of halogens is 9. The van der Waals surface area contributed by atoms with Gasteiger partial charge < -0.3 is 10.0 Å². The number of aliphatic hydroxyl groups is 1. The number of tetrazole rings is 1. The molecule has 2 fully saturated rings. The molecule has 2 atom stereocenters. The standard InChI is InChI=1S/C30H33F9N6O/c1-3-24(45-16-27(17-45)9-5-4-6-25(27)46)23-8-7-20(28(31,32)33)12-19(23)15-44(26-40-42-43(2)41-26)14-18-10-21(29(34,35)36)13-22(11-18)30(37,38)39/h7-8,10-13,24-25,46H,3-6,9,14-17H2,1-2H3/t24?,25-/m0/s1. The Labute approximate surface area is 259 Å². The van der Waals surface area contributed by atoms with Gasteiger partial charge in [0.1, 0.15) is 0 Å². The summed E-state index contributed by atoms with van der Waals surface area (Å²) in [5.41, 5.74) is -4.02. The fraction of sp³-hybridized carbons (Fsp3) is 0.567. The fourth-order valence-electron chi connectivity index (χ4n) is 6.69. The molecule has 1 spiro atoms. The van der Waals surface area contributed by atoms with Crippen LogP contribution in [0.4, 0.5) is 45.5 Å². The second-order valence-corrected chi connectivity index (χ2v) is 12.2. The predicted octanol–water partition coefficient (Wildman–Crippen LogP) is 7.16. The highest BCUT2D eigenvalue weighted by Crippen LogP contribution is 2.48. The molecule has 1 saturated carbocycles. The molecule has 1 saturated heterocycles. The molecule has 0 amide bonds. The Hall–Kier alpha value is -3.40. The van der Waals surface area contributed by atoms with Gasteiger partial charge in [-0.2, -0.15) is 44.3 Å². The Balaban J connectivity index is 1.54. The van der Waals surface area contributed by atoms with Crippen LogP contribution in [-0.4, -0.2) is 49.4 Å². The highest BCUT2D eigenvalue weighted by molar-refractivity contribution is 5.42. The average Bonchev–Trinajstić information content (AvgIpc) is 3.38. The molecule has 46 heavy (non-hydrogen) atoms. The van der Waals surface area contributed by atoms with E-state index in [2.05, 4.69) is 20.3 Å². The minimum Gasteiger partial charge on any atom is -0.392 e. The number of hydrogen-bond acceptors (Lipinski definition) is 6. The Morgan fingerprint density at radius 1 is 0.891 bits per heavy atom. The number of aromatic nitrogens is 4. The minimum absolute atomic E-state index is 0.00819. The summed E-state index contributed by atoms with van der Waals surface area (Å²) in [6.45, 7) is 2.00. The molecular formula is C30H33F9N6O. The van der Waals surface area contributed by atoms with Gasteiger partial charge in [-0.05, 0) is 71.5 Å². The summed E-state index contributed by atoms with van der Waals surface area (Å²) in [6.07, 6.45) is -11.5. The van der Waals surface area contributed by atoms with E-state index in [0.29, 0.717) is 43.6 Å². The van der Waals surface area contributed by atoms with E-state index < -0.39 is 53.4 Å². The maximum atomic E-state index is 13.9. The lowest BCUT2D eigenvalue weighted by Crippen LogP contribution is -2.63. The Morgan fingerprint density at radius 3 is 2.04 bits per heavy atom. The molecule has 16 heteroatoms. The van der Waals surface area contributed by atoms with E-state index in [9.17, 15) is 44.6 Å². The summed E-state index contributed by atoms with van der Waals surface area (Å²) in [7, 11) is 1.39. The van der Waals surface area contributed by atoms with Gasteiger partial charge in [0.05, 0.1) is 29.8 Å². The zero-order valence-corrected chi connectivity index (χ0v) is 25.0. The molecule has 1 N–H and O–H groups in total. The van der Waals surface area contributed by atoms with E-state index in [1.54, 1.807) is 0 Å². The third kappa shape index (κ3) is 7.11. The van der Waals surface area contributed by atoms with Gasteiger partial charge in [0.2, 0.25) is 0 Å². The van der Waals surface area contributed by atoms with Crippen molar-refractivity contribution in [2.45, 2.75) is 82.8 Å². The summed E-state index contributed by atoms with van der Waals surface area (Å²) in [4.78, 5) is 4.32. The van der Waals surface area contributed by atoms with Crippen molar-refractivity contribution in [3.05, 3.63) is 69.8 Å². The lowest BCUT2D eigenvalue weighted by Gasteiger charge is -2.57. The maximum absolute atomic E-state index is 13.9. The smallest absolute Gasteiger partial charge is 0.392 e. The third-order valence-electron chi connectivity index (χ3n) is 8.96. The number of benzene rings is 2. The highest BCUT2D eigenvalue weighted by Gasteiger charge is 2.51. The zero-order valence-electron chi connectivity index (χ0n) is 25.0. The van der Waals surface area contributed by atoms with Crippen molar-refractivity contribution < 1.29 is 44.6 Å². The summed E-state index contributed by atoms with van der Waals surface area (Å²) in [6, 6.07) is 4.04. The van der Waals surface area contributed by atoms with Crippen molar-refractivity contribution in [3.8, 4) is 0 Å². The van der Waals surface area contributed by atoms with Gasteiger partial charge in [-0.25, -0.2) is 0 Å². The summed E-state index contributed by atoms with van der Waals surface area (Å²) in [5.74, 6) is -0.196. The van der Waals surface area contributed by atoms with Crippen LogP contribution in [0, 0.1) is 5.41 Å². The SMILES string of the molecule is CCC(c1ccc(C(F)(F)F)cc1CN(Cc1cc(C(F)(F)F)cc(C(F)(F)F)c1)c1nnn(C)n1)N1CC2(CCCC[C@@H]2O)C1. The van der Waals surface area contributed by atoms with Crippen LogP contribution in [0.2, 0.25) is 0 Å². The van der Waals surface area contributed by atoms with E-state index >= 15 is 0 Å². The molecule has 1 aliphatic carbocycles. The summed E-state index contributed by atoms with van der Waals surface area (Å²) >= 11 is 0. The molecule has 2 aliphatic rings. The second kappa shape index (κ2) is 12.3. The highest BCUT2D eigenvalue weighted by atomic mass is 19.4. The largest absolute Gasteiger partial charge is 0.416 e. The van der Waals surface area contributed by atoms with Crippen molar-refractivity contribution >= 4 is 5.95 Å². The van der Waals surface area contributed by atoms with Crippen molar-refractivity contribution in [1.82, 2.24) is 25.1 Å². The molecular weight excluding hydrogens is 631 g/mol. The maximum Gasteiger partial charge on any atom is 0.416 e. The number of nitrogens with zero attached hydrogens (tertiary/aromatic N) is 6. The monoisotopic (exact) mass is 664 g/mol. The lowest BCUT2D eigenvalue weighted by atomic mass is 9.65. The first-order chi connectivity index (χ1) is 21.4. The minimum atomic E-state index is -5.09. The summed E-state index contributed by atoms with van der Waals surface area (Å²) < 4.78 is 123. The van der Waals surface area contributed by atoms with Gasteiger partial charge in [-0.1, -0.05) is 30.9 Å². The average molecular weight is 665 g/mol. The van der Waals surface area contributed by atoms with Gasteiger partial charge in [0, 0.05) is 37.6 Å². The molecule has 252 valence electrons. The van der Waals surface area contributed by atoms with Crippen LogP contribution in [0.25, 0.3) is 0 Å². The predicted molar refractivity (Wildman–Crippen MR) is 148 cm³/mol. The van der Waals surface area contributed by atoms with E-state index in [0.717, 1.165) is 36.2 Å². The van der Waals surface area contributed by atoms with Crippen molar-refractivity contribution in [1.29, 1.82) is 0 Å². The van der Waals surface area contributed by atoms with Crippen molar-refractivity contribution in [2.24, 2.45) is 12.5 Å². The number of anilines is 1. The number of likely N-dealkylation sites (tertiary alicyclic amines) is 1. The van der Waals surface area contributed by atoms with Gasteiger partial charge in [0.15, 0.2) is 0 Å². The number of hydrogen-bond donors (Lipinski definition) is 1. The van der Waals surface area contributed by atoms with Crippen LogP contribution in [0.5, 0.6) is 0 Å². The Bertz CT molecular complexity index is 1500. The van der Waals surface area contributed by atoms with Crippen LogP contribution < -0.4 is 4.90 Å². The molecule has 5 rings (SSSR count). The van der Waals surface area contributed by atoms with Crippen LogP contribution in [0.1, 0.15) is 78.5 Å². The fourth-order valence-corrected chi connectivity index (χ4v) is 6.69. The van der Waals surface area contributed by atoms with Crippen LogP contribution in [0.3, 0.4) is 0 Å². The molecule has 1 unspecified atom stereocenters. The van der Waals surface area contributed by atoms with Crippen molar-refractivity contribution in [3.63, 3.8) is 0 Å². The molecule has 3 aromatic rings. The quantitative estimate of drug-likeness (QED) is 0.258. The van der Waals surface area contributed by atoms with E-state index in [1.807, 2.05) is 6.92 Å². The van der Waals surface area contributed by atoms with E-state index in [1.165, 1.54) is 18.0 Å². The van der Waals surface area contributed by atoms with Crippen molar-refractivity contribution in [2.75, 3.05) is 18.0 Å². The zero-order chi connectivity index (χ0) is 33.7. The van der Waals surface area contributed by atoms with Gasteiger partial charge in [-0.15, -0.1) is 5.10 Å². The molecule has 0 bridgehead atoms. The third-order valence-corrected chi connectivity index (χ3v) is 8.96.